The number of nitrogens with one attached hydrogen (secondary N) is 1. The first-order valence-corrected chi connectivity index (χ1v) is 10.0. The van der Waals surface area contributed by atoms with Gasteiger partial charge in [0, 0.05) is 29.8 Å². The maximum atomic E-state index is 5.90. The minimum absolute atomic E-state index is 0.365. The van der Waals surface area contributed by atoms with E-state index in [9.17, 15) is 0 Å². The monoisotopic (exact) mass is 397 g/mol. The highest BCUT2D eigenvalue weighted by Crippen LogP contribution is 2.47. The van der Waals surface area contributed by atoms with Crippen LogP contribution in [-0.2, 0) is 6.54 Å². The molecule has 0 amide bonds. The predicted octanol–water partition coefficient (Wildman–Crippen LogP) is 3.03. The molecule has 8 nitrogen and oxygen atoms in total. The van der Waals surface area contributed by atoms with Crippen LogP contribution in [0.25, 0.3) is 0 Å². The minimum Gasteiger partial charge on any atom is -0.477 e. The van der Waals surface area contributed by atoms with E-state index < -0.39 is 0 Å². The first kappa shape index (κ1) is 18.5. The zero-order chi connectivity index (χ0) is 19.7. The van der Waals surface area contributed by atoms with E-state index in [1.165, 1.54) is 22.5 Å². The number of pyridine rings is 1. The summed E-state index contributed by atoms with van der Waals surface area (Å²) in [7, 11) is 0. The van der Waals surface area contributed by atoms with Crippen LogP contribution in [0, 0.1) is 26.7 Å². The van der Waals surface area contributed by atoms with E-state index in [2.05, 4.69) is 50.4 Å². The molecule has 0 saturated heterocycles. The van der Waals surface area contributed by atoms with Gasteiger partial charge in [0.05, 0.1) is 13.2 Å². The van der Waals surface area contributed by atoms with Crippen LogP contribution in [0.5, 0.6) is 5.88 Å². The average Bonchev–Trinajstić information content (AvgIpc) is 3.32. The van der Waals surface area contributed by atoms with Crippen molar-refractivity contribution in [2.45, 2.75) is 39.7 Å². The van der Waals surface area contributed by atoms with Crippen LogP contribution in [0.1, 0.15) is 39.2 Å². The topological polar surface area (TPSA) is 112 Å². The predicted molar refractivity (Wildman–Crippen MR) is 108 cm³/mol. The second kappa shape index (κ2) is 7.67. The van der Waals surface area contributed by atoms with Gasteiger partial charge in [-0.25, -0.2) is 0 Å². The molecule has 3 N–H and O–H groups in total. The van der Waals surface area contributed by atoms with Crippen molar-refractivity contribution >= 4 is 23.1 Å². The van der Waals surface area contributed by atoms with Crippen molar-refractivity contribution in [2.24, 2.45) is 5.92 Å². The molecule has 1 aliphatic rings. The van der Waals surface area contributed by atoms with Gasteiger partial charge in [0.2, 0.25) is 11.8 Å². The quantitative estimate of drug-likeness (QED) is 0.626. The highest BCUT2D eigenvalue weighted by molar-refractivity contribution is 7.11. The van der Waals surface area contributed by atoms with Gasteiger partial charge in [-0.15, -0.1) is 10.2 Å². The van der Waals surface area contributed by atoms with E-state index in [1.54, 1.807) is 6.07 Å². The third-order valence-electron chi connectivity index (χ3n) is 4.83. The number of rotatable bonds is 7. The highest BCUT2D eigenvalue weighted by atomic mass is 32.1. The van der Waals surface area contributed by atoms with Gasteiger partial charge in [-0.05, 0) is 44.4 Å². The van der Waals surface area contributed by atoms with Crippen LogP contribution >= 0.6 is 11.3 Å². The number of nitrogens with zero attached hydrogens (tertiary/aromatic N) is 5. The summed E-state index contributed by atoms with van der Waals surface area (Å²) in [5.41, 5.74) is 9.54. The van der Waals surface area contributed by atoms with Gasteiger partial charge < -0.3 is 15.8 Å². The van der Waals surface area contributed by atoms with Gasteiger partial charge in [0.1, 0.15) is 15.8 Å². The fourth-order valence-electron chi connectivity index (χ4n) is 2.99. The highest BCUT2D eigenvalue weighted by Gasteiger charge is 2.40. The number of nitrogen functional groups attached to an aromatic ring is 1. The molecule has 146 valence electrons. The lowest BCUT2D eigenvalue weighted by Crippen LogP contribution is -2.08. The van der Waals surface area contributed by atoms with Crippen molar-refractivity contribution in [1.29, 1.82) is 0 Å². The van der Waals surface area contributed by atoms with Crippen LogP contribution in [-0.4, -0.2) is 31.8 Å². The van der Waals surface area contributed by atoms with E-state index in [-0.39, 0.29) is 0 Å². The summed E-state index contributed by atoms with van der Waals surface area (Å²) in [6.07, 6.45) is 3.03. The summed E-state index contributed by atoms with van der Waals surface area (Å²) < 4.78 is 5.89. The van der Waals surface area contributed by atoms with Crippen LogP contribution < -0.4 is 15.8 Å². The maximum Gasteiger partial charge on any atom is 0.228 e. The van der Waals surface area contributed by atoms with Crippen LogP contribution in [0.4, 0.5) is 11.8 Å². The van der Waals surface area contributed by atoms with Crippen molar-refractivity contribution in [1.82, 2.24) is 25.1 Å². The largest absolute Gasteiger partial charge is 0.477 e. The van der Waals surface area contributed by atoms with Gasteiger partial charge in [-0.1, -0.05) is 11.3 Å². The summed E-state index contributed by atoms with van der Waals surface area (Å²) in [6, 6.07) is 3.83. The molecule has 2 atom stereocenters. The van der Waals surface area contributed by atoms with Crippen molar-refractivity contribution in [2.75, 3.05) is 17.7 Å². The molecule has 3 aromatic heterocycles. The van der Waals surface area contributed by atoms with E-state index in [4.69, 9.17) is 10.5 Å². The maximum absolute atomic E-state index is 5.90. The molecule has 28 heavy (non-hydrogen) atoms. The SMILES string of the molecule is Cc1nnc(CNc2nc(N)cc(OC[C@H]3C[C@@H]3c3cc(C)c(C)cn3)n2)s1. The summed E-state index contributed by atoms with van der Waals surface area (Å²) in [5, 5.41) is 13.0. The van der Waals surface area contributed by atoms with E-state index in [0.29, 0.717) is 42.6 Å². The van der Waals surface area contributed by atoms with E-state index in [1.807, 2.05) is 13.1 Å². The molecule has 0 spiro atoms. The molecule has 3 heterocycles. The minimum atomic E-state index is 0.365. The Morgan fingerprint density at radius 3 is 2.79 bits per heavy atom. The van der Waals surface area contributed by atoms with Crippen molar-refractivity contribution in [3.63, 3.8) is 0 Å². The van der Waals surface area contributed by atoms with Crippen molar-refractivity contribution in [3.8, 4) is 5.88 Å². The normalized spacial score (nSPS) is 18.1. The number of aryl methyl sites for hydroxylation is 3. The molecule has 0 aromatic carbocycles. The molecule has 4 rings (SSSR count). The van der Waals surface area contributed by atoms with Gasteiger partial charge in [-0.3, -0.25) is 4.98 Å². The zero-order valence-electron chi connectivity index (χ0n) is 16.1. The summed E-state index contributed by atoms with van der Waals surface area (Å²) in [4.78, 5) is 13.2. The Bertz CT molecular complexity index is 990. The molecular formula is C19H23N7OS. The summed E-state index contributed by atoms with van der Waals surface area (Å²) in [6.45, 7) is 7.21. The van der Waals surface area contributed by atoms with Crippen molar-refractivity contribution < 1.29 is 4.74 Å². The van der Waals surface area contributed by atoms with Crippen LogP contribution in [0.2, 0.25) is 0 Å². The second-order valence-electron chi connectivity index (χ2n) is 7.13. The number of ether oxygens (including phenoxy) is 1. The number of aromatic nitrogens is 5. The Morgan fingerprint density at radius 2 is 2.04 bits per heavy atom. The Morgan fingerprint density at radius 1 is 1.18 bits per heavy atom. The first-order valence-electron chi connectivity index (χ1n) is 9.21. The molecule has 0 radical (unpaired) electrons. The summed E-state index contributed by atoms with van der Waals surface area (Å²) in [5.74, 6) is 2.17. The fourth-order valence-corrected chi connectivity index (χ4v) is 3.64. The third kappa shape index (κ3) is 4.36. The standard InChI is InChI=1S/C19H23N7OS/c1-10-4-15(21-7-11(10)2)14-5-13(14)9-27-17-6-16(20)23-19(24-17)22-8-18-26-25-12(3)28-18/h4,6-7,13-14H,5,8-9H2,1-3H3,(H3,20,22,23,24)/t13-,14+/m1/s1. The van der Waals surface area contributed by atoms with Crippen LogP contribution in [0.15, 0.2) is 18.3 Å². The average molecular weight is 398 g/mol. The molecule has 3 aromatic rings. The Labute approximate surface area is 167 Å². The molecule has 1 saturated carbocycles. The Kier molecular flexibility index (Phi) is 5.08. The van der Waals surface area contributed by atoms with Crippen molar-refractivity contribution in [3.05, 3.63) is 45.2 Å². The zero-order valence-corrected chi connectivity index (χ0v) is 17.0. The molecule has 9 heteroatoms. The van der Waals surface area contributed by atoms with Gasteiger partial charge in [-0.2, -0.15) is 9.97 Å². The molecule has 1 fully saturated rings. The number of nitrogens with two attached hydrogens (primary N) is 1. The molecule has 0 bridgehead atoms. The molecular weight excluding hydrogens is 374 g/mol. The van der Waals surface area contributed by atoms with Gasteiger partial charge >= 0.3 is 0 Å². The number of hydrogen-bond acceptors (Lipinski definition) is 9. The Hall–Kier alpha value is -2.81. The molecule has 1 aliphatic carbocycles. The molecule has 0 aliphatic heterocycles. The summed E-state index contributed by atoms with van der Waals surface area (Å²) >= 11 is 1.53. The number of anilines is 2. The van der Waals surface area contributed by atoms with Gasteiger partial charge in [0.15, 0.2) is 0 Å². The fraction of sp³-hybridized carbons (Fsp3) is 0.421. The van der Waals surface area contributed by atoms with Gasteiger partial charge in [0.25, 0.3) is 0 Å². The smallest absolute Gasteiger partial charge is 0.228 e. The Balaban J connectivity index is 1.33. The molecule has 0 unspecified atom stereocenters. The lowest BCUT2D eigenvalue weighted by molar-refractivity contribution is 0.285. The lowest BCUT2D eigenvalue weighted by atomic mass is 10.1. The van der Waals surface area contributed by atoms with E-state index in [0.717, 1.165) is 22.1 Å². The second-order valence-corrected chi connectivity index (χ2v) is 8.40. The van der Waals surface area contributed by atoms with Crippen LogP contribution in [0.3, 0.4) is 0 Å². The third-order valence-corrected chi connectivity index (χ3v) is 5.67. The van der Waals surface area contributed by atoms with E-state index >= 15 is 0 Å². The lowest BCUT2D eigenvalue weighted by Gasteiger charge is -2.09. The first-order chi connectivity index (χ1) is 13.5. The number of hydrogen-bond donors (Lipinski definition) is 2.